The van der Waals surface area contributed by atoms with Gasteiger partial charge in [-0.3, -0.25) is 4.57 Å². The van der Waals surface area contributed by atoms with Gasteiger partial charge in [0.25, 0.3) is 0 Å². The van der Waals surface area contributed by atoms with E-state index in [-0.39, 0.29) is 0 Å². The summed E-state index contributed by atoms with van der Waals surface area (Å²) in [6, 6.07) is 133. The second-order valence-electron chi connectivity index (χ2n) is 29.6. The Kier molecular flexibility index (Phi) is 11.4. The normalized spacial score (nSPS) is 15.5. The fraction of sp³-hybridized carbons (Fsp3) is 0.0198. The second kappa shape index (κ2) is 21.2. The van der Waals surface area contributed by atoms with Crippen molar-refractivity contribution < 1.29 is 0 Å². The van der Waals surface area contributed by atoms with Crippen LogP contribution in [0.2, 0.25) is 0 Å². The first-order valence-corrected chi connectivity index (χ1v) is 37.3. The van der Waals surface area contributed by atoms with Crippen molar-refractivity contribution in [2.45, 2.75) is 10.8 Å². The maximum absolute atomic E-state index is 5.84. The molecule has 25 rings (SSSR count). The number of aromatic nitrogens is 7. The van der Waals surface area contributed by atoms with Crippen molar-refractivity contribution in [1.29, 1.82) is 0 Å². The van der Waals surface area contributed by atoms with E-state index < -0.39 is 10.8 Å². The lowest BCUT2D eigenvalue weighted by atomic mass is 9.59. The summed E-state index contributed by atoms with van der Waals surface area (Å²) in [5.74, 6) is 1.76. The molecule has 108 heavy (non-hydrogen) atoms. The van der Waals surface area contributed by atoms with Gasteiger partial charge in [-0.25, -0.2) is 4.98 Å². The highest BCUT2D eigenvalue weighted by atomic mass is 15.2. The van der Waals surface area contributed by atoms with Crippen molar-refractivity contribution in [2.75, 3.05) is 0 Å². The highest BCUT2D eigenvalue weighted by molar-refractivity contribution is 6.25. The van der Waals surface area contributed by atoms with Crippen molar-refractivity contribution >= 4 is 120 Å². The summed E-state index contributed by atoms with van der Waals surface area (Å²) in [7, 11) is 0. The van der Waals surface area contributed by atoms with Crippen molar-refractivity contribution in [3.8, 4) is 68.0 Å². The Morgan fingerprint density at radius 2 is 0.583 bits per heavy atom. The van der Waals surface area contributed by atoms with Crippen molar-refractivity contribution in [1.82, 2.24) is 33.2 Å². The minimum absolute atomic E-state index is 0.549. The third-order valence-electron chi connectivity index (χ3n) is 24.7. The standard InChI is InChI=1S/C101H59N7/c1-5-24-60(25-6-1)66-50-52-82-92-71(66)36-21-39-79(92)100-80-40-22-37-72-75(98-102-97(61-26-7-2-8-27-61)103-99(104-98)108-88-45-20-14-33-68(88)74-49-48-73-67-32-13-18-43-86(67)106(95(73)96(74)108)65-30-11-4-12-31-65)51-53-83(93(72)80)101(82,100)84-54-57-89(76-38-23-41-81(100)94(76)84)107-87-44-19-16-35-70(87)78-59-63(47-56-91(78)107)62-46-55-90-77(58-62)69-34-15-17-42-85(69)105(90)64-28-9-3-10-29-64/h1-59H. The minimum Gasteiger partial charge on any atom is -0.309 e. The van der Waals surface area contributed by atoms with Crippen LogP contribution in [0.5, 0.6) is 0 Å². The van der Waals surface area contributed by atoms with Gasteiger partial charge in [-0.15, -0.1) is 0 Å². The van der Waals surface area contributed by atoms with E-state index in [0.717, 1.165) is 71.8 Å². The number of nitrogens with zero attached hydrogens (tertiary/aromatic N) is 7. The van der Waals surface area contributed by atoms with Crippen LogP contribution in [-0.2, 0) is 10.8 Å². The molecule has 22 aromatic rings. The van der Waals surface area contributed by atoms with E-state index in [1.165, 1.54) is 132 Å². The summed E-state index contributed by atoms with van der Waals surface area (Å²) in [5.41, 5.74) is 25.6. The van der Waals surface area contributed by atoms with Gasteiger partial charge < -0.3 is 13.7 Å². The molecule has 0 saturated heterocycles. The molecule has 3 aliphatic carbocycles. The maximum Gasteiger partial charge on any atom is 0.238 e. The third kappa shape index (κ3) is 7.25. The predicted molar refractivity (Wildman–Crippen MR) is 444 cm³/mol. The van der Waals surface area contributed by atoms with Crippen LogP contribution in [0, 0.1) is 0 Å². The summed E-state index contributed by atoms with van der Waals surface area (Å²) in [6.45, 7) is 0. The molecule has 5 heterocycles. The molecule has 0 spiro atoms. The third-order valence-corrected chi connectivity index (χ3v) is 24.7. The van der Waals surface area contributed by atoms with Crippen LogP contribution in [0.3, 0.4) is 0 Å². The Balaban J connectivity index is 0.720. The lowest BCUT2D eigenvalue weighted by Gasteiger charge is -2.40. The Morgan fingerprint density at radius 1 is 0.204 bits per heavy atom. The quantitative estimate of drug-likeness (QED) is 0.152. The molecule has 0 radical (unpaired) electrons. The highest BCUT2D eigenvalue weighted by Gasteiger charge is 2.70. The summed E-state index contributed by atoms with van der Waals surface area (Å²) >= 11 is 0. The van der Waals surface area contributed by atoms with Crippen LogP contribution in [0.1, 0.15) is 33.4 Å². The Bertz CT molecular complexity index is 7700. The number of rotatable bonds is 8. The molecule has 3 aliphatic rings. The van der Waals surface area contributed by atoms with Gasteiger partial charge in [0.05, 0.1) is 60.7 Å². The molecule has 2 unspecified atom stereocenters. The average Bonchev–Trinajstić information content (AvgIpc) is 1.44. The predicted octanol–water partition coefficient (Wildman–Crippen LogP) is 24.7. The van der Waals surface area contributed by atoms with Crippen LogP contribution in [0.25, 0.3) is 188 Å². The second-order valence-corrected chi connectivity index (χ2v) is 29.6. The average molecular weight is 1370 g/mol. The molecular weight excluding hydrogens is 1310 g/mol. The van der Waals surface area contributed by atoms with E-state index in [9.17, 15) is 0 Å². The van der Waals surface area contributed by atoms with Crippen molar-refractivity contribution in [2.24, 2.45) is 0 Å². The zero-order valence-corrected chi connectivity index (χ0v) is 58.2. The Labute approximate surface area is 619 Å². The zero-order chi connectivity index (χ0) is 70.2. The van der Waals surface area contributed by atoms with Gasteiger partial charge in [0.1, 0.15) is 0 Å². The zero-order valence-electron chi connectivity index (χ0n) is 58.2. The fourth-order valence-electron chi connectivity index (χ4n) is 20.7. The molecule has 0 amide bonds. The van der Waals surface area contributed by atoms with Gasteiger partial charge in [-0.05, 0) is 161 Å². The number of hydrogen-bond acceptors (Lipinski definition) is 3. The minimum atomic E-state index is -0.694. The van der Waals surface area contributed by atoms with Crippen LogP contribution in [0.15, 0.2) is 358 Å². The SMILES string of the molecule is c1ccc(-c2nc(-c3ccc4c5c(cccc35)C35c6cccc7c(-c8ccccc8)ccc(c67)C43c3ccc(-n4c6ccccc6c6cc(-c7ccc8c(c7)c7ccccc7n8-c7ccccc7)ccc64)c4cccc5c34)nc(-n3c4ccccc4c4ccc5c6ccccc6n(-c6ccccc6)c5c43)n2)cc1. The van der Waals surface area contributed by atoms with Gasteiger partial charge >= 0.3 is 0 Å². The van der Waals surface area contributed by atoms with E-state index in [1.54, 1.807) is 0 Å². The van der Waals surface area contributed by atoms with Gasteiger partial charge in [-0.2, -0.15) is 9.97 Å². The number of benzene rings is 17. The molecule has 7 nitrogen and oxygen atoms in total. The van der Waals surface area contributed by atoms with E-state index in [2.05, 4.69) is 376 Å². The Morgan fingerprint density at radius 3 is 1.15 bits per heavy atom. The number of para-hydroxylation sites is 6. The van der Waals surface area contributed by atoms with Crippen molar-refractivity contribution in [3.05, 3.63) is 391 Å². The molecule has 0 N–H and O–H groups in total. The first-order valence-electron chi connectivity index (χ1n) is 37.3. The summed E-state index contributed by atoms with van der Waals surface area (Å²) in [4.78, 5) is 17.1. The van der Waals surface area contributed by atoms with Crippen LogP contribution in [0.4, 0.5) is 0 Å². The summed E-state index contributed by atoms with van der Waals surface area (Å²) < 4.78 is 9.68. The summed E-state index contributed by atoms with van der Waals surface area (Å²) in [5, 5.41) is 17.0. The maximum atomic E-state index is 5.84. The smallest absolute Gasteiger partial charge is 0.238 e. The topological polar surface area (TPSA) is 58.4 Å². The number of fused-ring (bicyclic) bond motifs is 13. The molecular formula is C101H59N7. The molecule has 0 fully saturated rings. The number of hydrogen-bond donors (Lipinski definition) is 0. The van der Waals surface area contributed by atoms with Crippen LogP contribution in [-0.4, -0.2) is 33.2 Å². The lowest BCUT2D eigenvalue weighted by molar-refractivity contribution is 0.492. The molecule has 498 valence electrons. The van der Waals surface area contributed by atoms with E-state index >= 15 is 0 Å². The van der Waals surface area contributed by atoms with Crippen molar-refractivity contribution in [3.63, 3.8) is 0 Å². The molecule has 0 bridgehead atoms. The van der Waals surface area contributed by atoms with E-state index in [0.29, 0.717) is 17.6 Å². The molecule has 2 atom stereocenters. The molecule has 17 aromatic carbocycles. The Hall–Kier alpha value is -14.3. The van der Waals surface area contributed by atoms with E-state index in [1.807, 2.05) is 0 Å². The highest BCUT2D eigenvalue weighted by Crippen LogP contribution is 2.76. The fourth-order valence-corrected chi connectivity index (χ4v) is 20.7. The molecule has 7 heteroatoms. The monoisotopic (exact) mass is 1370 g/mol. The molecule has 0 aliphatic heterocycles. The van der Waals surface area contributed by atoms with Gasteiger partial charge in [0, 0.05) is 71.0 Å². The van der Waals surface area contributed by atoms with Gasteiger partial charge in [0.15, 0.2) is 11.6 Å². The van der Waals surface area contributed by atoms with Gasteiger partial charge in [-0.1, -0.05) is 279 Å². The molecule has 5 aromatic heterocycles. The largest absolute Gasteiger partial charge is 0.309 e. The first-order chi connectivity index (χ1) is 53.6. The van der Waals surface area contributed by atoms with E-state index in [4.69, 9.17) is 15.0 Å². The molecule has 0 saturated carbocycles. The summed E-state index contributed by atoms with van der Waals surface area (Å²) in [6.07, 6.45) is 0. The van der Waals surface area contributed by atoms with Crippen LogP contribution < -0.4 is 0 Å². The van der Waals surface area contributed by atoms with Gasteiger partial charge in [0.2, 0.25) is 5.95 Å². The lowest BCUT2D eigenvalue weighted by Crippen LogP contribution is -2.42. The first kappa shape index (κ1) is 58.1. The van der Waals surface area contributed by atoms with Crippen LogP contribution >= 0.6 is 0 Å².